The minimum atomic E-state index is -0.688. The van der Waals surface area contributed by atoms with Gasteiger partial charge >= 0.3 is 5.97 Å². The molecule has 2 N–H and O–H groups in total. The molecule has 2 aromatic carbocycles. The molecule has 2 fully saturated rings. The lowest BCUT2D eigenvalue weighted by Crippen LogP contribution is -2.57. The quantitative estimate of drug-likeness (QED) is 0.448. The van der Waals surface area contributed by atoms with E-state index in [1.54, 1.807) is 11.3 Å². The van der Waals surface area contributed by atoms with E-state index in [-0.39, 0.29) is 23.3 Å². The van der Waals surface area contributed by atoms with Crippen molar-refractivity contribution in [2.45, 2.75) is 45.6 Å². The molecule has 5 rings (SSSR count). The summed E-state index contributed by atoms with van der Waals surface area (Å²) in [4.78, 5) is 28.7. The average Bonchev–Trinajstić information content (AvgIpc) is 3.08. The number of nitrogens with one attached hydrogen (secondary N) is 1. The normalized spacial score (nSPS) is 23.1. The summed E-state index contributed by atoms with van der Waals surface area (Å²) in [5.74, 6) is -0.919. The zero-order chi connectivity index (χ0) is 24.0. The van der Waals surface area contributed by atoms with E-state index in [4.69, 9.17) is 5.11 Å². The van der Waals surface area contributed by atoms with Crippen LogP contribution in [0.2, 0.25) is 0 Å². The summed E-state index contributed by atoms with van der Waals surface area (Å²) >= 11 is 1.65. The molecule has 0 bridgehead atoms. The molecule has 5 nitrogen and oxygen atoms in total. The molecule has 1 amide bonds. The summed E-state index contributed by atoms with van der Waals surface area (Å²) in [7, 11) is 2.02. The molecule has 6 heteroatoms. The second-order valence-electron chi connectivity index (χ2n) is 9.93. The van der Waals surface area contributed by atoms with Crippen molar-refractivity contribution in [1.82, 2.24) is 5.32 Å². The Bertz CT molecular complexity index is 1220. The van der Waals surface area contributed by atoms with Gasteiger partial charge in [-0.1, -0.05) is 42.5 Å². The molecule has 34 heavy (non-hydrogen) atoms. The number of thiophene rings is 1. The molecule has 0 radical (unpaired) electrons. The third-order valence-corrected chi connectivity index (χ3v) is 8.56. The summed E-state index contributed by atoms with van der Waals surface area (Å²) in [5, 5.41) is 12.4. The van der Waals surface area contributed by atoms with Gasteiger partial charge in [-0.15, -0.1) is 11.3 Å². The van der Waals surface area contributed by atoms with Crippen LogP contribution in [0.3, 0.4) is 0 Å². The monoisotopic (exact) mass is 474 g/mol. The van der Waals surface area contributed by atoms with Gasteiger partial charge in [-0.2, -0.15) is 0 Å². The van der Waals surface area contributed by atoms with Crippen LogP contribution in [0, 0.1) is 25.2 Å². The lowest BCUT2D eigenvalue weighted by molar-refractivity contribution is -0.155. The van der Waals surface area contributed by atoms with E-state index in [9.17, 15) is 9.59 Å². The van der Waals surface area contributed by atoms with Gasteiger partial charge in [-0.05, 0) is 68.2 Å². The van der Waals surface area contributed by atoms with E-state index >= 15 is 0 Å². The highest BCUT2D eigenvalue weighted by atomic mass is 32.1. The number of aliphatic carboxylic acids is 1. The van der Waals surface area contributed by atoms with Crippen LogP contribution in [0.1, 0.15) is 45.8 Å². The van der Waals surface area contributed by atoms with Crippen LogP contribution in [-0.2, 0) is 4.79 Å². The van der Waals surface area contributed by atoms with Gasteiger partial charge in [0.05, 0.1) is 17.2 Å². The molecule has 0 unspecified atom stereocenters. The molecule has 1 heterocycles. The summed E-state index contributed by atoms with van der Waals surface area (Å²) in [6.45, 7) is 4.07. The van der Waals surface area contributed by atoms with Gasteiger partial charge < -0.3 is 15.3 Å². The number of hydrogen-bond donors (Lipinski definition) is 2. The lowest BCUT2D eigenvalue weighted by Gasteiger charge is -2.56. The van der Waals surface area contributed by atoms with E-state index in [1.165, 1.54) is 5.56 Å². The molecular formula is C28H30N2O3S. The summed E-state index contributed by atoms with van der Waals surface area (Å²) < 4.78 is 0. The molecule has 1 aromatic heterocycles. The van der Waals surface area contributed by atoms with Gasteiger partial charge in [0.1, 0.15) is 0 Å². The number of carbonyl (C=O) groups is 2. The Morgan fingerprint density at radius 2 is 1.56 bits per heavy atom. The highest BCUT2D eigenvalue weighted by Crippen LogP contribution is 2.58. The van der Waals surface area contributed by atoms with Gasteiger partial charge in [-0.3, -0.25) is 9.59 Å². The van der Waals surface area contributed by atoms with Crippen LogP contribution in [0.15, 0.2) is 54.6 Å². The maximum absolute atomic E-state index is 13.3. The second kappa shape index (κ2) is 8.58. The van der Waals surface area contributed by atoms with Crippen molar-refractivity contribution in [2.75, 3.05) is 11.9 Å². The number of hydrogen-bond acceptors (Lipinski definition) is 4. The number of carboxylic acids is 1. The molecule has 0 atom stereocenters. The molecule has 0 saturated heterocycles. The van der Waals surface area contributed by atoms with E-state index in [0.29, 0.717) is 0 Å². The summed E-state index contributed by atoms with van der Waals surface area (Å²) in [6, 6.07) is 18.9. The number of benzene rings is 2. The maximum atomic E-state index is 13.3. The SMILES string of the molecule is Cc1sc(C)c(N(C)c2ccc(-c3ccccc3)cc2)c1C(=O)NC1CC2(C1)CC(C(=O)O)C2. The topological polar surface area (TPSA) is 69.6 Å². The van der Waals surface area contributed by atoms with E-state index in [2.05, 4.69) is 53.5 Å². The molecule has 1 spiro atoms. The highest BCUT2D eigenvalue weighted by Gasteiger charge is 2.55. The molecule has 2 saturated carbocycles. The fourth-order valence-electron chi connectivity index (χ4n) is 5.82. The third-order valence-electron chi connectivity index (χ3n) is 7.55. The number of carboxylic acid groups (broad SMARTS) is 1. The number of carbonyl (C=O) groups excluding carboxylic acids is 1. The first-order valence-electron chi connectivity index (χ1n) is 11.8. The predicted molar refractivity (Wildman–Crippen MR) is 137 cm³/mol. The molecule has 3 aromatic rings. The molecule has 0 aliphatic heterocycles. The predicted octanol–water partition coefficient (Wildman–Crippen LogP) is 6.17. The van der Waals surface area contributed by atoms with Crippen molar-refractivity contribution in [3.8, 4) is 11.1 Å². The van der Waals surface area contributed by atoms with Crippen molar-refractivity contribution in [3.05, 3.63) is 69.9 Å². The second-order valence-corrected chi connectivity index (χ2v) is 11.4. The van der Waals surface area contributed by atoms with Gasteiger partial charge in [0, 0.05) is 28.5 Å². The van der Waals surface area contributed by atoms with Crippen molar-refractivity contribution < 1.29 is 14.7 Å². The van der Waals surface area contributed by atoms with Gasteiger partial charge in [0.25, 0.3) is 5.91 Å². The zero-order valence-corrected chi connectivity index (χ0v) is 20.6. The number of amides is 1. The standard InChI is InChI=1S/C28H30N2O3S/c1-17-24(26(31)29-22-15-28(16-22)13-21(14-28)27(32)33)25(18(2)34-17)30(3)23-11-9-20(10-12-23)19-7-5-4-6-8-19/h4-12,21-22H,13-16H2,1-3H3,(H,29,31)(H,32,33). The van der Waals surface area contributed by atoms with Gasteiger partial charge in [0.2, 0.25) is 0 Å². The zero-order valence-electron chi connectivity index (χ0n) is 19.8. The van der Waals surface area contributed by atoms with Crippen LogP contribution in [0.25, 0.3) is 11.1 Å². The summed E-state index contributed by atoms with van der Waals surface area (Å²) in [5.41, 5.74) is 5.21. The highest BCUT2D eigenvalue weighted by molar-refractivity contribution is 7.12. The first kappa shape index (κ1) is 22.7. The number of anilines is 2. The first-order valence-corrected chi connectivity index (χ1v) is 12.6. The van der Waals surface area contributed by atoms with Crippen molar-refractivity contribution in [3.63, 3.8) is 0 Å². The minimum Gasteiger partial charge on any atom is -0.481 e. The Morgan fingerprint density at radius 1 is 0.941 bits per heavy atom. The fourth-order valence-corrected chi connectivity index (χ4v) is 6.91. The third kappa shape index (κ3) is 4.00. The average molecular weight is 475 g/mol. The number of nitrogens with zero attached hydrogens (tertiary/aromatic N) is 1. The van der Waals surface area contributed by atoms with Crippen LogP contribution in [0.4, 0.5) is 11.4 Å². The van der Waals surface area contributed by atoms with Crippen molar-refractivity contribution >= 4 is 34.6 Å². The molecule has 176 valence electrons. The van der Waals surface area contributed by atoms with Crippen LogP contribution < -0.4 is 10.2 Å². The van der Waals surface area contributed by atoms with Crippen LogP contribution in [0.5, 0.6) is 0 Å². The molecular weight excluding hydrogens is 444 g/mol. The first-order chi connectivity index (χ1) is 16.3. The van der Waals surface area contributed by atoms with Crippen LogP contribution >= 0.6 is 11.3 Å². The Labute approximate surface area is 204 Å². The Kier molecular flexibility index (Phi) is 5.72. The Balaban J connectivity index is 1.30. The van der Waals surface area contributed by atoms with E-state index in [0.717, 1.165) is 57.9 Å². The maximum Gasteiger partial charge on any atom is 0.306 e. The van der Waals surface area contributed by atoms with E-state index in [1.807, 2.05) is 32.2 Å². The lowest BCUT2D eigenvalue weighted by atomic mass is 9.50. The Hall–Kier alpha value is -3.12. The largest absolute Gasteiger partial charge is 0.481 e. The van der Waals surface area contributed by atoms with Crippen molar-refractivity contribution in [2.24, 2.45) is 11.3 Å². The number of aryl methyl sites for hydroxylation is 2. The van der Waals surface area contributed by atoms with Crippen molar-refractivity contribution in [1.29, 1.82) is 0 Å². The van der Waals surface area contributed by atoms with Gasteiger partial charge in [0.15, 0.2) is 0 Å². The summed E-state index contributed by atoms with van der Waals surface area (Å²) in [6.07, 6.45) is 3.27. The molecule has 2 aliphatic carbocycles. The smallest absolute Gasteiger partial charge is 0.306 e. The van der Waals surface area contributed by atoms with Crippen LogP contribution in [-0.4, -0.2) is 30.1 Å². The minimum absolute atomic E-state index is 0.0291. The van der Waals surface area contributed by atoms with E-state index < -0.39 is 5.97 Å². The molecule has 2 aliphatic rings. The fraction of sp³-hybridized carbons (Fsp3) is 0.357. The Morgan fingerprint density at radius 3 is 2.18 bits per heavy atom. The van der Waals surface area contributed by atoms with Gasteiger partial charge in [-0.25, -0.2) is 0 Å². The number of rotatable bonds is 6.